The number of hydrogen-bond donors (Lipinski definition) is 2. The number of benzene rings is 2. The van der Waals surface area contributed by atoms with Crippen molar-refractivity contribution in [1.82, 2.24) is 20.1 Å². The molecule has 28 heavy (non-hydrogen) atoms. The first kappa shape index (κ1) is 19.1. The molecular formula is C23H27ClN4. The second kappa shape index (κ2) is 8.39. The summed E-state index contributed by atoms with van der Waals surface area (Å²) in [4.78, 5) is 8.43. The van der Waals surface area contributed by atoms with Crippen LogP contribution in [0.4, 0.5) is 0 Å². The lowest BCUT2D eigenvalue weighted by Gasteiger charge is -2.32. The highest BCUT2D eigenvalue weighted by atomic mass is 35.5. The van der Waals surface area contributed by atoms with Crippen molar-refractivity contribution >= 4 is 28.2 Å². The molecule has 0 atom stereocenters. The molecule has 0 saturated carbocycles. The molecule has 0 spiro atoms. The second-order valence-electron chi connectivity index (χ2n) is 7.48. The van der Waals surface area contributed by atoms with Gasteiger partial charge < -0.3 is 15.2 Å². The molecule has 2 N–H and O–H groups in total. The SMILES string of the molecule is C=C(NCCN1CCN(C)CC1)c1[nH]c2ccc(Cl)cc2c1-c1ccccc1. The summed E-state index contributed by atoms with van der Waals surface area (Å²) >= 11 is 6.29. The number of likely N-dealkylation sites (N-methyl/N-ethyl adjacent to an activating group) is 1. The third kappa shape index (κ3) is 4.09. The average molecular weight is 395 g/mol. The normalized spacial score (nSPS) is 15.8. The molecule has 1 aliphatic heterocycles. The van der Waals surface area contributed by atoms with Crippen molar-refractivity contribution in [1.29, 1.82) is 0 Å². The van der Waals surface area contributed by atoms with E-state index in [0.29, 0.717) is 0 Å². The van der Waals surface area contributed by atoms with Gasteiger partial charge in [0.15, 0.2) is 0 Å². The highest BCUT2D eigenvalue weighted by Crippen LogP contribution is 2.36. The van der Waals surface area contributed by atoms with Crippen molar-refractivity contribution in [3.05, 3.63) is 65.8 Å². The van der Waals surface area contributed by atoms with Crippen molar-refractivity contribution < 1.29 is 0 Å². The van der Waals surface area contributed by atoms with Crippen LogP contribution in [-0.4, -0.2) is 61.1 Å². The van der Waals surface area contributed by atoms with Gasteiger partial charge in [0.2, 0.25) is 0 Å². The first-order valence-electron chi connectivity index (χ1n) is 9.82. The summed E-state index contributed by atoms with van der Waals surface area (Å²) in [6, 6.07) is 16.4. The van der Waals surface area contributed by atoms with E-state index < -0.39 is 0 Å². The van der Waals surface area contributed by atoms with Crippen LogP contribution >= 0.6 is 11.6 Å². The molecule has 1 saturated heterocycles. The van der Waals surface area contributed by atoms with E-state index in [2.05, 4.69) is 58.0 Å². The summed E-state index contributed by atoms with van der Waals surface area (Å²) in [6.45, 7) is 10.8. The Morgan fingerprint density at radius 1 is 1.11 bits per heavy atom. The van der Waals surface area contributed by atoms with E-state index in [1.165, 1.54) is 0 Å². The summed E-state index contributed by atoms with van der Waals surface area (Å²) in [5.41, 5.74) is 5.32. The predicted molar refractivity (Wildman–Crippen MR) is 120 cm³/mol. The molecule has 2 heterocycles. The number of piperazine rings is 1. The van der Waals surface area contributed by atoms with E-state index in [0.717, 1.165) is 77.7 Å². The van der Waals surface area contributed by atoms with Crippen molar-refractivity contribution in [2.75, 3.05) is 46.3 Å². The molecule has 4 rings (SSSR count). The first-order valence-corrected chi connectivity index (χ1v) is 10.2. The second-order valence-corrected chi connectivity index (χ2v) is 7.92. The zero-order valence-corrected chi connectivity index (χ0v) is 17.1. The summed E-state index contributed by atoms with van der Waals surface area (Å²) in [6.07, 6.45) is 0. The fourth-order valence-electron chi connectivity index (χ4n) is 3.82. The van der Waals surface area contributed by atoms with Crippen molar-refractivity contribution in [2.45, 2.75) is 0 Å². The first-order chi connectivity index (χ1) is 13.6. The summed E-state index contributed by atoms with van der Waals surface area (Å²) in [7, 11) is 2.19. The third-order valence-corrected chi connectivity index (χ3v) is 5.72. The van der Waals surface area contributed by atoms with Crippen LogP contribution in [0.1, 0.15) is 5.69 Å². The van der Waals surface area contributed by atoms with Gasteiger partial charge in [-0.05, 0) is 30.8 Å². The van der Waals surface area contributed by atoms with Crippen LogP contribution in [0.5, 0.6) is 0 Å². The number of aromatic amines is 1. The van der Waals surface area contributed by atoms with Gasteiger partial charge in [-0.25, -0.2) is 0 Å². The summed E-state index contributed by atoms with van der Waals surface area (Å²) < 4.78 is 0. The lowest BCUT2D eigenvalue weighted by molar-refractivity contribution is 0.156. The molecule has 0 unspecified atom stereocenters. The minimum atomic E-state index is 0.740. The van der Waals surface area contributed by atoms with Crippen molar-refractivity contribution in [3.8, 4) is 11.1 Å². The van der Waals surface area contributed by atoms with Crippen LogP contribution in [-0.2, 0) is 0 Å². The third-order valence-electron chi connectivity index (χ3n) is 5.49. The quantitative estimate of drug-likeness (QED) is 0.654. The Morgan fingerprint density at radius 3 is 2.61 bits per heavy atom. The van der Waals surface area contributed by atoms with E-state index in [1.807, 2.05) is 24.3 Å². The Morgan fingerprint density at radius 2 is 1.86 bits per heavy atom. The lowest BCUT2D eigenvalue weighted by Crippen LogP contribution is -2.46. The minimum absolute atomic E-state index is 0.740. The maximum absolute atomic E-state index is 6.29. The molecule has 1 aromatic heterocycles. The van der Waals surface area contributed by atoms with Crippen molar-refractivity contribution in [2.24, 2.45) is 0 Å². The maximum atomic E-state index is 6.29. The van der Waals surface area contributed by atoms with Gasteiger partial charge in [0.25, 0.3) is 0 Å². The fourth-order valence-corrected chi connectivity index (χ4v) is 3.99. The van der Waals surface area contributed by atoms with Gasteiger partial charge in [-0.15, -0.1) is 0 Å². The van der Waals surface area contributed by atoms with Crippen LogP contribution in [0, 0.1) is 0 Å². The van der Waals surface area contributed by atoms with E-state index in [9.17, 15) is 0 Å². The Balaban J connectivity index is 1.55. The molecular weight excluding hydrogens is 368 g/mol. The van der Waals surface area contributed by atoms with Crippen molar-refractivity contribution in [3.63, 3.8) is 0 Å². The molecule has 0 bridgehead atoms. The molecule has 2 aromatic carbocycles. The number of fused-ring (bicyclic) bond motifs is 1. The fraction of sp³-hybridized carbons (Fsp3) is 0.304. The van der Waals surface area contributed by atoms with E-state index in [4.69, 9.17) is 11.6 Å². The molecule has 5 heteroatoms. The summed E-state index contributed by atoms with van der Waals surface area (Å²) in [5, 5.41) is 5.39. The number of aromatic nitrogens is 1. The molecule has 0 radical (unpaired) electrons. The van der Waals surface area contributed by atoms with Gasteiger partial charge in [0.1, 0.15) is 0 Å². The monoisotopic (exact) mass is 394 g/mol. The highest BCUT2D eigenvalue weighted by molar-refractivity contribution is 6.31. The standard InChI is InChI=1S/C23H27ClN4/c1-17(25-10-11-28-14-12-27(2)13-15-28)23-22(18-6-4-3-5-7-18)20-16-19(24)8-9-21(20)26-23/h3-9,16,25-26H,1,10-15H2,2H3. The molecule has 146 valence electrons. The van der Waals surface area contributed by atoms with Crippen LogP contribution in [0.15, 0.2) is 55.1 Å². The van der Waals surface area contributed by atoms with Crippen LogP contribution < -0.4 is 5.32 Å². The highest BCUT2D eigenvalue weighted by Gasteiger charge is 2.17. The van der Waals surface area contributed by atoms with Gasteiger partial charge in [-0.3, -0.25) is 4.90 Å². The number of rotatable bonds is 6. The topological polar surface area (TPSA) is 34.3 Å². The Hall–Kier alpha value is -2.27. The number of nitrogens with zero attached hydrogens (tertiary/aromatic N) is 2. The molecule has 1 fully saturated rings. The van der Waals surface area contributed by atoms with E-state index >= 15 is 0 Å². The Kier molecular flexibility index (Phi) is 5.72. The Bertz CT molecular complexity index is 955. The van der Waals surface area contributed by atoms with E-state index in [-0.39, 0.29) is 0 Å². The number of nitrogens with one attached hydrogen (secondary N) is 2. The van der Waals surface area contributed by atoms with E-state index in [1.54, 1.807) is 0 Å². The summed E-state index contributed by atoms with van der Waals surface area (Å²) in [5.74, 6) is 0. The van der Waals surface area contributed by atoms with Crippen LogP contribution in [0.3, 0.4) is 0 Å². The predicted octanol–water partition coefficient (Wildman–Crippen LogP) is 4.30. The van der Waals surface area contributed by atoms with Gasteiger partial charge in [0.05, 0.1) is 11.4 Å². The lowest BCUT2D eigenvalue weighted by atomic mass is 10.0. The minimum Gasteiger partial charge on any atom is -0.383 e. The van der Waals surface area contributed by atoms with Crippen LogP contribution in [0.25, 0.3) is 27.7 Å². The van der Waals surface area contributed by atoms with Gasteiger partial charge in [0, 0.05) is 60.8 Å². The molecule has 0 aliphatic carbocycles. The number of halogens is 1. The number of H-pyrrole nitrogens is 1. The maximum Gasteiger partial charge on any atom is 0.0700 e. The van der Waals surface area contributed by atoms with Gasteiger partial charge in [-0.1, -0.05) is 48.5 Å². The Labute approximate surface area is 171 Å². The smallest absolute Gasteiger partial charge is 0.0700 e. The molecule has 1 aliphatic rings. The van der Waals surface area contributed by atoms with Crippen LogP contribution in [0.2, 0.25) is 5.02 Å². The molecule has 0 amide bonds. The molecule has 3 aromatic rings. The molecule has 4 nitrogen and oxygen atoms in total. The average Bonchev–Trinajstić information content (AvgIpc) is 3.09. The van der Waals surface area contributed by atoms with Gasteiger partial charge >= 0.3 is 0 Å². The zero-order valence-electron chi connectivity index (χ0n) is 16.3. The van der Waals surface area contributed by atoms with Gasteiger partial charge in [-0.2, -0.15) is 0 Å². The largest absolute Gasteiger partial charge is 0.383 e. The number of hydrogen-bond acceptors (Lipinski definition) is 3. The zero-order chi connectivity index (χ0) is 19.5.